The lowest BCUT2D eigenvalue weighted by atomic mass is 9.83. The topological polar surface area (TPSA) is 84.4 Å². The number of rotatable bonds is 3. The molecule has 7 nitrogen and oxygen atoms in total. The van der Waals surface area contributed by atoms with Crippen LogP contribution < -0.4 is 5.32 Å². The Balaban J connectivity index is 1.36. The molecule has 1 N–H and O–H groups in total. The Bertz CT molecular complexity index is 876. The molecule has 0 aliphatic carbocycles. The third-order valence-corrected chi connectivity index (χ3v) is 5.53. The molecule has 0 saturated carbocycles. The number of likely N-dealkylation sites (tertiary alicyclic amines) is 1. The smallest absolute Gasteiger partial charge is 0.251 e. The zero-order chi connectivity index (χ0) is 19.6. The molecular weight excluding hydrogens is 356 g/mol. The minimum absolute atomic E-state index is 0.000546. The van der Waals surface area contributed by atoms with Gasteiger partial charge in [0.1, 0.15) is 11.4 Å². The first-order valence-electron chi connectivity index (χ1n) is 9.65. The van der Waals surface area contributed by atoms with E-state index in [-0.39, 0.29) is 18.4 Å². The zero-order valence-electron chi connectivity index (χ0n) is 16.0. The summed E-state index contributed by atoms with van der Waals surface area (Å²) in [6.45, 7) is 3.71. The molecule has 7 heteroatoms. The molecule has 1 aromatic carbocycles. The van der Waals surface area contributed by atoms with Gasteiger partial charge in [0.25, 0.3) is 5.91 Å². The van der Waals surface area contributed by atoms with Crippen molar-refractivity contribution in [1.82, 2.24) is 20.2 Å². The molecule has 1 spiro atoms. The molecule has 0 bridgehead atoms. The van der Waals surface area contributed by atoms with Crippen LogP contribution in [0.5, 0.6) is 0 Å². The molecule has 1 saturated heterocycles. The Labute approximate surface area is 164 Å². The molecule has 1 fully saturated rings. The minimum atomic E-state index is -0.425. The minimum Gasteiger partial charge on any atom is -0.368 e. The second-order valence-electron chi connectivity index (χ2n) is 7.31. The molecular formula is C21H24N4O3. The van der Waals surface area contributed by atoms with Gasteiger partial charge in [0.15, 0.2) is 0 Å². The number of piperidine rings is 1. The van der Waals surface area contributed by atoms with Crippen molar-refractivity contribution in [2.45, 2.75) is 31.8 Å². The highest BCUT2D eigenvalue weighted by atomic mass is 16.5. The molecule has 28 heavy (non-hydrogen) atoms. The largest absolute Gasteiger partial charge is 0.368 e. The maximum absolute atomic E-state index is 12.5. The maximum Gasteiger partial charge on any atom is 0.251 e. The fourth-order valence-electron chi connectivity index (χ4n) is 3.95. The monoisotopic (exact) mass is 380 g/mol. The Kier molecular flexibility index (Phi) is 5.09. The molecule has 0 unspecified atom stereocenters. The molecule has 2 aliphatic heterocycles. The van der Waals surface area contributed by atoms with E-state index in [4.69, 9.17) is 4.74 Å². The van der Waals surface area contributed by atoms with Crippen molar-refractivity contribution in [2.75, 3.05) is 26.2 Å². The van der Waals surface area contributed by atoms with Crippen LogP contribution >= 0.6 is 0 Å². The highest BCUT2D eigenvalue weighted by Crippen LogP contribution is 2.40. The van der Waals surface area contributed by atoms with Crippen molar-refractivity contribution < 1.29 is 14.3 Å². The van der Waals surface area contributed by atoms with Gasteiger partial charge in [-0.1, -0.05) is 18.2 Å². The molecule has 1 aromatic heterocycles. The lowest BCUT2D eigenvalue weighted by Gasteiger charge is -2.44. The number of carbonyl (C=O) groups is 2. The zero-order valence-corrected chi connectivity index (χ0v) is 16.0. The summed E-state index contributed by atoms with van der Waals surface area (Å²) in [6.07, 6.45) is 4.13. The fourth-order valence-corrected chi connectivity index (χ4v) is 3.95. The van der Waals surface area contributed by atoms with Crippen LogP contribution in [0.4, 0.5) is 0 Å². The average molecular weight is 380 g/mol. The standard InChI is InChI=1S/C21H24N4O3/c1-15-22-13-17-7-12-28-21(19(17)24-15)8-10-25(11-9-21)18(26)14-23-20(27)16-5-3-2-4-6-16/h2-6,13H,7-12,14H2,1H3,(H,23,27). The number of aromatic nitrogens is 2. The van der Waals surface area contributed by atoms with Crippen LogP contribution in [0.25, 0.3) is 0 Å². The van der Waals surface area contributed by atoms with Gasteiger partial charge in [-0.3, -0.25) is 9.59 Å². The van der Waals surface area contributed by atoms with E-state index in [0.29, 0.717) is 38.1 Å². The third kappa shape index (κ3) is 3.62. The van der Waals surface area contributed by atoms with E-state index < -0.39 is 5.60 Å². The highest BCUT2D eigenvalue weighted by molar-refractivity contribution is 5.96. The van der Waals surface area contributed by atoms with Gasteiger partial charge in [-0.15, -0.1) is 0 Å². The predicted molar refractivity (Wildman–Crippen MR) is 103 cm³/mol. The summed E-state index contributed by atoms with van der Waals surface area (Å²) >= 11 is 0. The number of aryl methyl sites for hydroxylation is 1. The van der Waals surface area contributed by atoms with Gasteiger partial charge in [-0.05, 0) is 43.9 Å². The van der Waals surface area contributed by atoms with E-state index in [9.17, 15) is 9.59 Å². The number of carbonyl (C=O) groups excluding carboxylic acids is 2. The molecule has 4 rings (SSSR count). The molecule has 2 amide bonds. The number of nitrogens with zero attached hydrogens (tertiary/aromatic N) is 3. The van der Waals surface area contributed by atoms with Gasteiger partial charge in [-0.2, -0.15) is 0 Å². The normalized spacial score (nSPS) is 17.8. The average Bonchev–Trinajstić information content (AvgIpc) is 2.74. The van der Waals surface area contributed by atoms with Crippen molar-refractivity contribution >= 4 is 11.8 Å². The summed E-state index contributed by atoms with van der Waals surface area (Å²) in [7, 11) is 0. The maximum atomic E-state index is 12.5. The number of ether oxygens (including phenoxy) is 1. The molecule has 146 valence electrons. The Morgan fingerprint density at radius 1 is 1.21 bits per heavy atom. The van der Waals surface area contributed by atoms with Gasteiger partial charge in [-0.25, -0.2) is 9.97 Å². The number of hydrogen-bond donors (Lipinski definition) is 1. The van der Waals surface area contributed by atoms with Gasteiger partial charge < -0.3 is 15.0 Å². The second-order valence-corrected chi connectivity index (χ2v) is 7.31. The van der Waals surface area contributed by atoms with Crippen LogP contribution in [-0.4, -0.2) is 52.9 Å². The highest BCUT2D eigenvalue weighted by Gasteiger charge is 2.43. The molecule has 3 heterocycles. The van der Waals surface area contributed by atoms with E-state index in [1.807, 2.05) is 19.2 Å². The SMILES string of the molecule is Cc1ncc2c(n1)C1(CCN(C(=O)CNC(=O)c3ccccc3)CC1)OCC2. The summed E-state index contributed by atoms with van der Waals surface area (Å²) < 4.78 is 6.17. The lowest BCUT2D eigenvalue weighted by Crippen LogP contribution is -2.50. The van der Waals surface area contributed by atoms with Gasteiger partial charge in [0.2, 0.25) is 5.91 Å². The first-order valence-corrected chi connectivity index (χ1v) is 9.65. The van der Waals surface area contributed by atoms with E-state index in [2.05, 4.69) is 15.3 Å². The van der Waals surface area contributed by atoms with Crippen molar-refractivity contribution in [3.63, 3.8) is 0 Å². The predicted octanol–water partition coefficient (Wildman–Crippen LogP) is 1.61. The lowest BCUT2D eigenvalue weighted by molar-refractivity contribution is -0.140. The first-order chi connectivity index (χ1) is 13.6. The second kappa shape index (κ2) is 7.67. The number of benzene rings is 1. The molecule has 0 radical (unpaired) electrons. The van der Waals surface area contributed by atoms with Crippen molar-refractivity contribution in [2.24, 2.45) is 0 Å². The summed E-state index contributed by atoms with van der Waals surface area (Å²) in [4.78, 5) is 35.4. The molecule has 2 aliphatic rings. The van der Waals surface area contributed by atoms with E-state index in [1.54, 1.807) is 29.2 Å². The number of amides is 2. The fraction of sp³-hybridized carbons (Fsp3) is 0.429. The molecule has 2 aromatic rings. The van der Waals surface area contributed by atoms with Crippen LogP contribution in [-0.2, 0) is 21.6 Å². The number of nitrogens with one attached hydrogen (secondary N) is 1. The summed E-state index contributed by atoms with van der Waals surface area (Å²) in [5.74, 6) is 0.430. The third-order valence-electron chi connectivity index (χ3n) is 5.53. The van der Waals surface area contributed by atoms with Gasteiger partial charge in [0, 0.05) is 24.8 Å². The Morgan fingerprint density at radius 2 is 1.96 bits per heavy atom. The summed E-state index contributed by atoms with van der Waals surface area (Å²) in [5, 5.41) is 2.71. The molecule has 0 atom stereocenters. The van der Waals surface area contributed by atoms with E-state index in [1.165, 1.54) is 0 Å². The quantitative estimate of drug-likeness (QED) is 0.874. The van der Waals surface area contributed by atoms with Crippen LogP contribution in [0.2, 0.25) is 0 Å². The van der Waals surface area contributed by atoms with E-state index >= 15 is 0 Å². The van der Waals surface area contributed by atoms with Gasteiger partial charge in [0.05, 0.1) is 18.8 Å². The number of hydrogen-bond acceptors (Lipinski definition) is 5. The van der Waals surface area contributed by atoms with Crippen LogP contribution in [0, 0.1) is 6.92 Å². The van der Waals surface area contributed by atoms with Gasteiger partial charge >= 0.3 is 0 Å². The number of fused-ring (bicyclic) bond motifs is 2. The summed E-state index contributed by atoms with van der Waals surface area (Å²) in [6, 6.07) is 8.91. The van der Waals surface area contributed by atoms with Crippen LogP contribution in [0.3, 0.4) is 0 Å². The van der Waals surface area contributed by atoms with Crippen molar-refractivity contribution in [1.29, 1.82) is 0 Å². The van der Waals surface area contributed by atoms with Crippen molar-refractivity contribution in [3.05, 3.63) is 59.2 Å². The Morgan fingerprint density at radius 3 is 2.71 bits per heavy atom. The first kappa shape index (κ1) is 18.6. The van der Waals surface area contributed by atoms with Crippen LogP contribution in [0.15, 0.2) is 36.5 Å². The summed E-state index contributed by atoms with van der Waals surface area (Å²) in [5.41, 5.74) is 2.25. The van der Waals surface area contributed by atoms with Crippen LogP contribution in [0.1, 0.15) is 40.3 Å². The van der Waals surface area contributed by atoms with E-state index in [0.717, 1.165) is 23.5 Å². The Hall–Kier alpha value is -2.80. The van der Waals surface area contributed by atoms with Crippen molar-refractivity contribution in [3.8, 4) is 0 Å².